The number of aryl methyl sites for hydroxylation is 2. The average Bonchev–Trinajstić information content (AvgIpc) is 3.49. The van der Waals surface area contributed by atoms with Crippen LogP contribution in [0.15, 0.2) is 24.4 Å². The first-order valence-electron chi connectivity index (χ1n) is 9.33. The number of carbonyl (C=O) groups is 2. The largest absolute Gasteiger partial charge is 0.468 e. The third-order valence-corrected chi connectivity index (χ3v) is 4.33. The number of aromatic nitrogens is 2. The number of rotatable bonds is 7. The quantitative estimate of drug-likeness (QED) is 0.714. The number of amides is 2. The van der Waals surface area contributed by atoms with E-state index in [-0.39, 0.29) is 30.2 Å². The number of halogens is 3. The lowest BCUT2D eigenvalue weighted by molar-refractivity contribution is -0.154. The first-order valence-corrected chi connectivity index (χ1v) is 9.33. The zero-order chi connectivity index (χ0) is 21.9. The molecule has 0 aliphatic heterocycles. The first-order chi connectivity index (χ1) is 14.1. The second kappa shape index (κ2) is 8.68. The second-order valence-electron chi connectivity index (χ2n) is 7.20. The van der Waals surface area contributed by atoms with Gasteiger partial charge in [-0.2, -0.15) is 13.2 Å². The van der Waals surface area contributed by atoms with Crippen LogP contribution in [0.1, 0.15) is 40.0 Å². The molecule has 0 radical (unpaired) electrons. The maximum absolute atomic E-state index is 12.5. The summed E-state index contributed by atoms with van der Waals surface area (Å²) in [5.74, 6) is -0.251. The number of ether oxygens (including phenoxy) is 1. The van der Waals surface area contributed by atoms with Crippen LogP contribution in [0.3, 0.4) is 0 Å². The molecule has 0 unspecified atom stereocenters. The highest BCUT2D eigenvalue weighted by atomic mass is 19.4. The summed E-state index contributed by atoms with van der Waals surface area (Å²) in [4.78, 5) is 32.5. The molecule has 1 aliphatic rings. The highest BCUT2D eigenvalue weighted by Crippen LogP contribution is 2.30. The van der Waals surface area contributed by atoms with Crippen molar-refractivity contribution in [2.24, 2.45) is 5.92 Å². The zero-order valence-corrected chi connectivity index (χ0v) is 16.5. The van der Waals surface area contributed by atoms with Gasteiger partial charge in [-0.1, -0.05) is 0 Å². The molecule has 2 heterocycles. The van der Waals surface area contributed by atoms with Gasteiger partial charge in [-0.05, 0) is 50.5 Å². The van der Waals surface area contributed by atoms with Crippen molar-refractivity contribution in [3.05, 3.63) is 46.8 Å². The lowest BCUT2D eigenvalue weighted by atomic mass is 10.2. The predicted molar refractivity (Wildman–Crippen MR) is 102 cm³/mol. The average molecular weight is 422 g/mol. The van der Waals surface area contributed by atoms with E-state index in [9.17, 15) is 22.8 Å². The molecule has 0 bridgehead atoms. The van der Waals surface area contributed by atoms with Crippen molar-refractivity contribution >= 4 is 17.6 Å². The molecule has 0 spiro atoms. The Morgan fingerprint density at radius 1 is 1.20 bits per heavy atom. The summed E-state index contributed by atoms with van der Waals surface area (Å²) >= 11 is 0. The Morgan fingerprint density at radius 3 is 2.57 bits per heavy atom. The standard InChI is InChI=1S/C20H21F3N4O3/c1-11-5-13(9-25-19(11)30-10-20(21,22)23)8-24-17(28)15-6-12(2)26-16(7-15)27-18(29)14-3-4-14/h5-7,9,14H,3-4,8,10H2,1-2H3,(H,24,28)(H,26,27,29). The smallest absolute Gasteiger partial charge is 0.422 e. The van der Waals surface area contributed by atoms with E-state index >= 15 is 0 Å². The van der Waals surface area contributed by atoms with Crippen LogP contribution >= 0.6 is 0 Å². The van der Waals surface area contributed by atoms with Crippen LogP contribution in [0, 0.1) is 19.8 Å². The third kappa shape index (κ3) is 6.16. The fourth-order valence-corrected chi connectivity index (χ4v) is 2.74. The van der Waals surface area contributed by atoms with E-state index in [1.54, 1.807) is 26.0 Å². The molecule has 0 atom stereocenters. The molecule has 3 rings (SSSR count). The monoisotopic (exact) mass is 422 g/mol. The van der Waals surface area contributed by atoms with E-state index < -0.39 is 12.8 Å². The summed E-state index contributed by atoms with van der Waals surface area (Å²) in [5.41, 5.74) is 1.95. The molecule has 0 aromatic carbocycles. The van der Waals surface area contributed by atoms with Crippen molar-refractivity contribution in [2.45, 2.75) is 39.4 Å². The van der Waals surface area contributed by atoms with Gasteiger partial charge in [0.2, 0.25) is 11.8 Å². The van der Waals surface area contributed by atoms with Crippen molar-refractivity contribution < 1.29 is 27.5 Å². The molecule has 2 aromatic rings. The van der Waals surface area contributed by atoms with Crippen LogP contribution in [-0.2, 0) is 11.3 Å². The predicted octanol–water partition coefficient (Wildman–Crippen LogP) is 3.31. The van der Waals surface area contributed by atoms with Gasteiger partial charge in [-0.25, -0.2) is 9.97 Å². The van der Waals surface area contributed by atoms with Gasteiger partial charge in [0.15, 0.2) is 6.61 Å². The number of pyridine rings is 2. The number of nitrogens with one attached hydrogen (secondary N) is 2. The molecule has 2 aromatic heterocycles. The van der Waals surface area contributed by atoms with Gasteiger partial charge in [0.05, 0.1) is 0 Å². The molecule has 160 valence electrons. The lowest BCUT2D eigenvalue weighted by Crippen LogP contribution is -2.24. The van der Waals surface area contributed by atoms with Gasteiger partial charge < -0.3 is 15.4 Å². The summed E-state index contributed by atoms with van der Waals surface area (Å²) in [6.07, 6.45) is -1.38. The molecule has 0 saturated heterocycles. The SMILES string of the molecule is Cc1cc(C(=O)NCc2cnc(OCC(F)(F)F)c(C)c2)cc(NC(=O)C2CC2)n1. The third-order valence-electron chi connectivity index (χ3n) is 4.33. The van der Waals surface area contributed by atoms with Crippen LogP contribution in [-0.4, -0.2) is 34.6 Å². The van der Waals surface area contributed by atoms with Crippen molar-refractivity contribution in [1.29, 1.82) is 0 Å². The van der Waals surface area contributed by atoms with Gasteiger partial charge >= 0.3 is 6.18 Å². The number of hydrogen-bond acceptors (Lipinski definition) is 5. The summed E-state index contributed by atoms with van der Waals surface area (Å²) in [7, 11) is 0. The number of anilines is 1. The number of alkyl halides is 3. The minimum absolute atomic E-state index is 0.0170. The Balaban J connectivity index is 1.60. The maximum atomic E-state index is 12.5. The number of nitrogens with zero attached hydrogens (tertiary/aromatic N) is 2. The second-order valence-corrected chi connectivity index (χ2v) is 7.20. The molecular formula is C20H21F3N4O3. The van der Waals surface area contributed by atoms with E-state index in [4.69, 9.17) is 0 Å². The summed E-state index contributed by atoms with van der Waals surface area (Å²) in [5, 5.41) is 5.44. The highest BCUT2D eigenvalue weighted by molar-refractivity contribution is 5.97. The van der Waals surface area contributed by atoms with E-state index in [0.29, 0.717) is 28.2 Å². The van der Waals surface area contributed by atoms with Crippen molar-refractivity contribution in [1.82, 2.24) is 15.3 Å². The Morgan fingerprint density at radius 2 is 1.93 bits per heavy atom. The Kier molecular flexibility index (Phi) is 6.23. The normalized spacial score (nSPS) is 13.6. The topological polar surface area (TPSA) is 93.2 Å². The fraction of sp³-hybridized carbons (Fsp3) is 0.400. The van der Waals surface area contributed by atoms with E-state index in [1.807, 2.05) is 0 Å². The molecule has 7 nitrogen and oxygen atoms in total. The minimum Gasteiger partial charge on any atom is -0.468 e. The lowest BCUT2D eigenvalue weighted by Gasteiger charge is -2.12. The molecule has 1 aliphatic carbocycles. The van der Waals surface area contributed by atoms with Gasteiger partial charge in [0.1, 0.15) is 5.82 Å². The Hall–Kier alpha value is -3.17. The maximum Gasteiger partial charge on any atom is 0.422 e. The zero-order valence-electron chi connectivity index (χ0n) is 16.5. The van der Waals surface area contributed by atoms with Gasteiger partial charge in [-0.3, -0.25) is 9.59 Å². The van der Waals surface area contributed by atoms with Crippen LogP contribution in [0.2, 0.25) is 0 Å². The summed E-state index contributed by atoms with van der Waals surface area (Å²) in [6, 6.07) is 4.69. The van der Waals surface area contributed by atoms with Gasteiger partial charge in [0, 0.05) is 35.5 Å². The van der Waals surface area contributed by atoms with Crippen LogP contribution in [0.5, 0.6) is 5.88 Å². The summed E-state index contributed by atoms with van der Waals surface area (Å²) in [6.45, 7) is 2.00. The van der Waals surface area contributed by atoms with E-state index in [1.165, 1.54) is 12.3 Å². The van der Waals surface area contributed by atoms with Gasteiger partial charge in [0.25, 0.3) is 5.91 Å². The first kappa shape index (κ1) is 21.5. The Bertz CT molecular complexity index is 959. The van der Waals surface area contributed by atoms with Crippen molar-refractivity contribution in [3.63, 3.8) is 0 Å². The van der Waals surface area contributed by atoms with Crippen LogP contribution in [0.25, 0.3) is 0 Å². The molecule has 1 saturated carbocycles. The number of carbonyl (C=O) groups excluding carboxylic acids is 2. The highest BCUT2D eigenvalue weighted by Gasteiger charge is 2.30. The van der Waals surface area contributed by atoms with Crippen LogP contribution in [0.4, 0.5) is 19.0 Å². The summed E-state index contributed by atoms with van der Waals surface area (Å²) < 4.78 is 41.5. The van der Waals surface area contributed by atoms with Crippen molar-refractivity contribution in [3.8, 4) is 5.88 Å². The molecule has 10 heteroatoms. The van der Waals surface area contributed by atoms with Gasteiger partial charge in [-0.15, -0.1) is 0 Å². The molecular weight excluding hydrogens is 401 g/mol. The minimum atomic E-state index is -4.44. The van der Waals surface area contributed by atoms with E-state index in [2.05, 4.69) is 25.3 Å². The molecule has 2 amide bonds. The Labute approximate surface area is 171 Å². The van der Waals surface area contributed by atoms with Crippen molar-refractivity contribution in [2.75, 3.05) is 11.9 Å². The van der Waals surface area contributed by atoms with Crippen LogP contribution < -0.4 is 15.4 Å². The van der Waals surface area contributed by atoms with E-state index in [0.717, 1.165) is 12.8 Å². The number of hydrogen-bond donors (Lipinski definition) is 2. The molecule has 30 heavy (non-hydrogen) atoms. The molecule has 2 N–H and O–H groups in total. The fourth-order valence-electron chi connectivity index (χ4n) is 2.74. The molecule has 1 fully saturated rings.